The number of piperidine rings is 1. The summed E-state index contributed by atoms with van der Waals surface area (Å²) in [6.07, 6.45) is 1.31. The molecular formula is C20H17F4N7O. The average Bonchev–Trinajstić information content (AvgIpc) is 3.50. The van der Waals surface area contributed by atoms with Crippen LogP contribution < -0.4 is 5.32 Å². The van der Waals surface area contributed by atoms with Crippen molar-refractivity contribution < 1.29 is 22.4 Å². The number of hydrogen-bond acceptors (Lipinski definition) is 6. The number of nitrogens with zero attached hydrogens (tertiary/aromatic N) is 6. The van der Waals surface area contributed by atoms with Gasteiger partial charge in [0.2, 0.25) is 5.95 Å². The number of halogens is 4. The van der Waals surface area contributed by atoms with E-state index in [1.54, 1.807) is 4.90 Å². The molecule has 2 bridgehead atoms. The minimum Gasteiger partial charge on any atom is -0.349 e. The lowest BCUT2D eigenvalue weighted by Crippen LogP contribution is -2.48. The fourth-order valence-corrected chi connectivity index (χ4v) is 4.48. The lowest BCUT2D eigenvalue weighted by molar-refractivity contribution is -0.138. The molecule has 3 atom stereocenters. The third-order valence-electron chi connectivity index (χ3n) is 5.86. The van der Waals surface area contributed by atoms with Gasteiger partial charge in [-0.15, -0.1) is 0 Å². The Bertz CT molecular complexity index is 1130. The maximum atomic E-state index is 14.0. The summed E-state index contributed by atoms with van der Waals surface area (Å²) in [4.78, 5) is 23.8. The molecule has 2 fully saturated rings. The first-order valence-corrected chi connectivity index (χ1v) is 9.92. The van der Waals surface area contributed by atoms with Gasteiger partial charge in [-0.25, -0.2) is 14.4 Å². The molecule has 0 spiro atoms. The number of benzene rings is 1. The summed E-state index contributed by atoms with van der Waals surface area (Å²) in [5, 5.41) is 11.1. The predicted molar refractivity (Wildman–Crippen MR) is 103 cm³/mol. The number of anilines is 1. The molecule has 1 aliphatic carbocycles. The molecule has 1 amide bonds. The fourth-order valence-electron chi connectivity index (χ4n) is 4.48. The van der Waals surface area contributed by atoms with Crippen molar-refractivity contribution in [3.8, 4) is 5.69 Å². The van der Waals surface area contributed by atoms with Gasteiger partial charge in [-0.05, 0) is 37.0 Å². The van der Waals surface area contributed by atoms with Gasteiger partial charge < -0.3 is 10.2 Å². The molecule has 1 saturated carbocycles. The largest absolute Gasteiger partial charge is 0.419 e. The molecule has 12 heteroatoms. The van der Waals surface area contributed by atoms with E-state index >= 15 is 0 Å². The zero-order valence-electron chi connectivity index (χ0n) is 16.5. The number of carbonyl (C=O) groups excluding carboxylic acids is 1. The monoisotopic (exact) mass is 447 g/mol. The Morgan fingerprint density at radius 1 is 1.09 bits per heavy atom. The Balaban J connectivity index is 1.37. The molecule has 3 aromatic rings. The first-order chi connectivity index (χ1) is 15.3. The Hall–Kier alpha value is -3.57. The summed E-state index contributed by atoms with van der Waals surface area (Å²) in [5.41, 5.74) is -0.434. The van der Waals surface area contributed by atoms with Crippen molar-refractivity contribution in [2.75, 3.05) is 11.9 Å². The number of amides is 1. The van der Waals surface area contributed by atoms with Crippen LogP contribution in [0.5, 0.6) is 0 Å². The van der Waals surface area contributed by atoms with Crippen LogP contribution >= 0.6 is 0 Å². The third-order valence-corrected chi connectivity index (χ3v) is 5.86. The molecule has 5 rings (SSSR count). The SMILES string of the molecule is O=C(c1cc(F)ccc1-n1nccn1)N1C[C@H]2CC(Nc3ncc(C(F)(F)F)cn3)C1C2. The quantitative estimate of drug-likeness (QED) is 0.619. The first kappa shape index (κ1) is 20.3. The second-order valence-electron chi connectivity index (χ2n) is 7.89. The van der Waals surface area contributed by atoms with Crippen LogP contribution in [0.4, 0.5) is 23.5 Å². The van der Waals surface area contributed by atoms with Crippen LogP contribution in [-0.2, 0) is 6.18 Å². The van der Waals surface area contributed by atoms with Gasteiger partial charge in [-0.1, -0.05) is 0 Å². The lowest BCUT2D eigenvalue weighted by Gasteiger charge is -2.34. The van der Waals surface area contributed by atoms with Gasteiger partial charge in [0.25, 0.3) is 5.91 Å². The third kappa shape index (κ3) is 3.65. The van der Waals surface area contributed by atoms with Crippen molar-refractivity contribution in [1.82, 2.24) is 29.9 Å². The summed E-state index contributed by atoms with van der Waals surface area (Å²) in [7, 11) is 0. The molecule has 166 valence electrons. The summed E-state index contributed by atoms with van der Waals surface area (Å²) in [6, 6.07) is 3.39. The van der Waals surface area contributed by atoms with Crippen molar-refractivity contribution >= 4 is 11.9 Å². The normalized spacial score (nSPS) is 22.4. The first-order valence-electron chi connectivity index (χ1n) is 9.92. The maximum Gasteiger partial charge on any atom is 0.419 e. The highest BCUT2D eigenvalue weighted by Crippen LogP contribution is 2.40. The minimum atomic E-state index is -4.51. The Morgan fingerprint density at radius 3 is 2.47 bits per heavy atom. The maximum absolute atomic E-state index is 14.0. The number of hydrogen-bond donors (Lipinski definition) is 1. The van der Waals surface area contributed by atoms with Crippen LogP contribution in [0.2, 0.25) is 0 Å². The van der Waals surface area contributed by atoms with Crippen LogP contribution in [0.15, 0.2) is 43.0 Å². The second-order valence-corrected chi connectivity index (χ2v) is 7.89. The molecule has 8 nitrogen and oxygen atoms in total. The van der Waals surface area contributed by atoms with Gasteiger partial charge in [0.15, 0.2) is 0 Å². The molecule has 1 aromatic carbocycles. The number of fused-ring (bicyclic) bond motifs is 2. The van der Waals surface area contributed by atoms with Gasteiger partial charge in [-0.3, -0.25) is 4.79 Å². The number of alkyl halides is 3. The molecule has 1 N–H and O–H groups in total. The van der Waals surface area contributed by atoms with Gasteiger partial charge in [0.05, 0.1) is 35.2 Å². The highest BCUT2D eigenvalue weighted by molar-refractivity contribution is 5.98. The lowest BCUT2D eigenvalue weighted by atomic mass is 10.0. The number of nitrogens with one attached hydrogen (secondary N) is 1. The van der Waals surface area contributed by atoms with Crippen LogP contribution in [0.1, 0.15) is 28.8 Å². The zero-order valence-corrected chi connectivity index (χ0v) is 16.5. The fraction of sp³-hybridized carbons (Fsp3) is 0.350. The van der Waals surface area contributed by atoms with Crippen molar-refractivity contribution in [1.29, 1.82) is 0 Å². The highest BCUT2D eigenvalue weighted by Gasteiger charge is 2.47. The van der Waals surface area contributed by atoms with Gasteiger partial charge >= 0.3 is 6.18 Å². The summed E-state index contributed by atoms with van der Waals surface area (Å²) in [6.45, 7) is 0.512. The van der Waals surface area contributed by atoms with E-state index in [4.69, 9.17) is 0 Å². The molecule has 0 radical (unpaired) electrons. The van der Waals surface area contributed by atoms with E-state index in [2.05, 4.69) is 25.5 Å². The Labute approximate surface area is 179 Å². The molecule has 2 aromatic heterocycles. The molecule has 3 heterocycles. The topological polar surface area (TPSA) is 88.8 Å². The smallest absolute Gasteiger partial charge is 0.349 e. The van der Waals surface area contributed by atoms with E-state index in [0.717, 1.165) is 31.3 Å². The number of carbonyl (C=O) groups is 1. The molecule has 1 saturated heterocycles. The second kappa shape index (κ2) is 7.53. The number of rotatable bonds is 4. The van der Waals surface area contributed by atoms with Gasteiger partial charge in [0, 0.05) is 25.0 Å². The van der Waals surface area contributed by atoms with E-state index in [-0.39, 0.29) is 35.4 Å². The standard InChI is InChI=1S/C20H17F4N7O/c21-13-1-2-16(31-27-3-4-28-31)14(7-13)18(32)30-10-11-5-15(17(30)6-11)29-19-25-8-12(9-26-19)20(22,23)24/h1-4,7-9,11,15,17H,5-6,10H2,(H,25,26,29)/t11-,15?,17?/m0/s1. The molecule has 32 heavy (non-hydrogen) atoms. The van der Waals surface area contributed by atoms with E-state index < -0.39 is 17.6 Å². The van der Waals surface area contributed by atoms with Crippen molar-refractivity contribution in [2.45, 2.75) is 31.1 Å². The minimum absolute atomic E-state index is 0.0649. The van der Waals surface area contributed by atoms with Crippen molar-refractivity contribution in [3.63, 3.8) is 0 Å². The summed E-state index contributed by atoms with van der Waals surface area (Å²) < 4.78 is 52.2. The summed E-state index contributed by atoms with van der Waals surface area (Å²) >= 11 is 0. The zero-order chi connectivity index (χ0) is 22.5. The van der Waals surface area contributed by atoms with E-state index in [1.807, 2.05) is 0 Å². The molecule has 1 aliphatic heterocycles. The molecular weight excluding hydrogens is 430 g/mol. The predicted octanol–water partition coefficient (Wildman–Crippen LogP) is 2.93. The molecule has 2 unspecified atom stereocenters. The average molecular weight is 447 g/mol. The van der Waals surface area contributed by atoms with Crippen LogP contribution in [0, 0.1) is 11.7 Å². The van der Waals surface area contributed by atoms with Crippen molar-refractivity contribution in [3.05, 3.63) is 59.9 Å². The number of likely N-dealkylation sites (tertiary alicyclic amines) is 1. The van der Waals surface area contributed by atoms with E-state index in [9.17, 15) is 22.4 Å². The molecule has 2 aliphatic rings. The van der Waals surface area contributed by atoms with Crippen LogP contribution in [-0.4, -0.2) is 54.4 Å². The van der Waals surface area contributed by atoms with Crippen LogP contribution in [0.25, 0.3) is 5.69 Å². The highest BCUT2D eigenvalue weighted by atomic mass is 19.4. The Morgan fingerprint density at radius 2 is 1.81 bits per heavy atom. The van der Waals surface area contributed by atoms with Crippen molar-refractivity contribution in [2.24, 2.45) is 5.92 Å². The van der Waals surface area contributed by atoms with E-state index in [0.29, 0.717) is 12.2 Å². The Kier molecular flexibility index (Phi) is 4.79. The van der Waals surface area contributed by atoms with Crippen LogP contribution in [0.3, 0.4) is 0 Å². The van der Waals surface area contributed by atoms with Gasteiger partial charge in [0.1, 0.15) is 5.82 Å². The van der Waals surface area contributed by atoms with Gasteiger partial charge in [-0.2, -0.15) is 28.2 Å². The summed E-state index contributed by atoms with van der Waals surface area (Å²) in [5.74, 6) is -0.628. The van der Waals surface area contributed by atoms with E-state index in [1.165, 1.54) is 29.3 Å². The number of aromatic nitrogens is 5.